The lowest BCUT2D eigenvalue weighted by Gasteiger charge is -2.22. The second kappa shape index (κ2) is 6.42. The Morgan fingerprint density at radius 1 is 1.17 bits per heavy atom. The fourth-order valence-electron chi connectivity index (χ4n) is 3.01. The van der Waals surface area contributed by atoms with Gasteiger partial charge < -0.3 is 5.11 Å². The number of fused-ring (bicyclic) bond motifs is 1. The molecule has 4 nitrogen and oxygen atoms in total. The summed E-state index contributed by atoms with van der Waals surface area (Å²) < 4.78 is 0. The molecule has 2 aromatic carbocycles. The van der Waals surface area contributed by atoms with Gasteiger partial charge in [-0.05, 0) is 19.2 Å². The first-order chi connectivity index (χ1) is 11.5. The van der Waals surface area contributed by atoms with Gasteiger partial charge in [0.2, 0.25) is 0 Å². The van der Waals surface area contributed by atoms with Crippen LogP contribution in [0.1, 0.15) is 27.9 Å². The maximum atomic E-state index is 12.8. The Labute approximate surface area is 145 Å². The van der Waals surface area contributed by atoms with Gasteiger partial charge in [-0.1, -0.05) is 48.0 Å². The zero-order valence-corrected chi connectivity index (χ0v) is 14.5. The van der Waals surface area contributed by atoms with Gasteiger partial charge >= 0.3 is 0 Å². The number of rotatable bonds is 5. The highest BCUT2D eigenvalue weighted by molar-refractivity contribution is 7.98. The molecule has 0 aromatic heterocycles. The second-order valence-electron chi connectivity index (χ2n) is 5.99. The summed E-state index contributed by atoms with van der Waals surface area (Å²) in [7, 11) is 0. The Balaban J connectivity index is 1.95. The molecule has 1 amide bonds. The quantitative estimate of drug-likeness (QED) is 0.849. The summed E-state index contributed by atoms with van der Waals surface area (Å²) in [4.78, 5) is 27.0. The van der Waals surface area contributed by atoms with Gasteiger partial charge in [0.15, 0.2) is 11.4 Å². The van der Waals surface area contributed by atoms with Gasteiger partial charge in [-0.2, -0.15) is 0 Å². The SMILES string of the molecule is CSCN1C(=O)C(O)(CC(=O)c2ccc(C)cc2)c2ccccc21. The molecule has 0 saturated heterocycles. The van der Waals surface area contributed by atoms with Crippen LogP contribution >= 0.6 is 11.8 Å². The summed E-state index contributed by atoms with van der Waals surface area (Å²) in [6, 6.07) is 14.3. The molecule has 124 valence electrons. The van der Waals surface area contributed by atoms with E-state index in [2.05, 4.69) is 0 Å². The average Bonchev–Trinajstić information content (AvgIpc) is 2.78. The minimum atomic E-state index is -1.80. The van der Waals surface area contributed by atoms with E-state index < -0.39 is 11.5 Å². The van der Waals surface area contributed by atoms with Crippen molar-refractivity contribution in [1.29, 1.82) is 0 Å². The third kappa shape index (κ3) is 2.74. The molecule has 1 unspecified atom stereocenters. The van der Waals surface area contributed by atoms with Crippen LogP contribution in [0.15, 0.2) is 48.5 Å². The van der Waals surface area contributed by atoms with Crippen molar-refractivity contribution in [1.82, 2.24) is 0 Å². The van der Waals surface area contributed by atoms with Crippen LogP contribution in [-0.4, -0.2) is 28.9 Å². The van der Waals surface area contributed by atoms with Crippen molar-refractivity contribution < 1.29 is 14.7 Å². The van der Waals surface area contributed by atoms with Gasteiger partial charge in [0.1, 0.15) is 0 Å². The van der Waals surface area contributed by atoms with E-state index in [9.17, 15) is 14.7 Å². The monoisotopic (exact) mass is 341 g/mol. The Bertz CT molecular complexity index is 787. The number of nitrogens with zero attached hydrogens (tertiary/aromatic N) is 1. The van der Waals surface area contributed by atoms with Gasteiger partial charge in [-0.15, -0.1) is 11.8 Å². The van der Waals surface area contributed by atoms with E-state index in [1.165, 1.54) is 11.8 Å². The molecule has 3 rings (SSSR count). The Kier molecular flexibility index (Phi) is 4.47. The summed E-state index contributed by atoms with van der Waals surface area (Å²) in [6.07, 6.45) is 1.64. The molecule has 1 aliphatic rings. The van der Waals surface area contributed by atoms with Crippen LogP contribution in [0, 0.1) is 6.92 Å². The average molecular weight is 341 g/mol. The molecule has 0 spiro atoms. The molecule has 1 N–H and O–H groups in total. The molecule has 24 heavy (non-hydrogen) atoms. The zero-order chi connectivity index (χ0) is 17.3. The third-order valence-electron chi connectivity index (χ3n) is 4.29. The van der Waals surface area contributed by atoms with Gasteiger partial charge in [0.25, 0.3) is 5.91 Å². The Hall–Kier alpha value is -2.11. The van der Waals surface area contributed by atoms with Crippen molar-refractivity contribution in [3.63, 3.8) is 0 Å². The van der Waals surface area contributed by atoms with Crippen LogP contribution in [0.4, 0.5) is 5.69 Å². The lowest BCUT2D eigenvalue weighted by atomic mass is 9.88. The topological polar surface area (TPSA) is 57.6 Å². The van der Waals surface area contributed by atoms with E-state index >= 15 is 0 Å². The molecule has 0 saturated carbocycles. The van der Waals surface area contributed by atoms with Crippen molar-refractivity contribution in [3.05, 3.63) is 65.2 Å². The van der Waals surface area contributed by atoms with Crippen LogP contribution in [0.5, 0.6) is 0 Å². The minimum Gasteiger partial charge on any atom is -0.375 e. The van der Waals surface area contributed by atoms with Crippen molar-refractivity contribution in [2.45, 2.75) is 18.9 Å². The smallest absolute Gasteiger partial charge is 0.264 e. The predicted molar refractivity (Wildman–Crippen MR) is 96.3 cm³/mol. The molecular formula is C19H19NO3S. The number of para-hydroxylation sites is 1. The van der Waals surface area contributed by atoms with Gasteiger partial charge in [0, 0.05) is 11.1 Å². The molecule has 0 fully saturated rings. The molecule has 1 heterocycles. The summed E-state index contributed by atoms with van der Waals surface area (Å²) in [5, 5.41) is 11.1. The zero-order valence-electron chi connectivity index (χ0n) is 13.7. The van der Waals surface area contributed by atoms with Crippen LogP contribution in [0.25, 0.3) is 0 Å². The van der Waals surface area contributed by atoms with Crippen LogP contribution in [0.3, 0.4) is 0 Å². The van der Waals surface area contributed by atoms with Gasteiger partial charge in [-0.3, -0.25) is 14.5 Å². The number of anilines is 1. The first-order valence-electron chi connectivity index (χ1n) is 7.70. The highest BCUT2D eigenvalue weighted by atomic mass is 32.2. The summed E-state index contributed by atoms with van der Waals surface area (Å²) >= 11 is 1.49. The van der Waals surface area contributed by atoms with E-state index in [0.29, 0.717) is 22.7 Å². The normalized spacial score (nSPS) is 19.5. The standard InChI is InChI=1S/C19H19NO3S/c1-13-7-9-14(10-8-13)17(21)11-19(23)15-5-3-4-6-16(15)20(12-24-2)18(19)22/h3-10,23H,11-12H2,1-2H3. The third-order valence-corrected chi connectivity index (χ3v) is 4.80. The second-order valence-corrected chi connectivity index (χ2v) is 6.83. The number of thioether (sulfide) groups is 1. The summed E-state index contributed by atoms with van der Waals surface area (Å²) in [5.41, 5.74) is 0.941. The van der Waals surface area contributed by atoms with Gasteiger partial charge in [0.05, 0.1) is 18.0 Å². The van der Waals surface area contributed by atoms with Crippen LogP contribution in [0.2, 0.25) is 0 Å². The number of benzene rings is 2. The number of Topliss-reactive ketones (excluding diaryl/α,β-unsaturated/α-hetero) is 1. The summed E-state index contributed by atoms with van der Waals surface area (Å²) in [5.74, 6) is -0.234. The molecule has 2 aromatic rings. The van der Waals surface area contributed by atoms with Crippen molar-refractivity contribution >= 4 is 29.1 Å². The van der Waals surface area contributed by atoms with E-state index in [-0.39, 0.29) is 12.2 Å². The number of aliphatic hydroxyl groups is 1. The van der Waals surface area contributed by atoms with E-state index in [4.69, 9.17) is 0 Å². The minimum absolute atomic E-state index is 0.244. The first kappa shape index (κ1) is 16.7. The van der Waals surface area contributed by atoms with Crippen LogP contribution in [-0.2, 0) is 10.4 Å². The highest BCUT2D eigenvalue weighted by Gasteiger charge is 2.50. The predicted octanol–water partition coefficient (Wildman–Crippen LogP) is 3.12. The largest absolute Gasteiger partial charge is 0.375 e. The van der Waals surface area contributed by atoms with Crippen molar-refractivity contribution in [2.75, 3.05) is 17.0 Å². The maximum absolute atomic E-state index is 12.8. The molecule has 1 atom stereocenters. The number of aryl methyl sites for hydroxylation is 1. The number of hydrogen-bond acceptors (Lipinski definition) is 4. The van der Waals surface area contributed by atoms with Gasteiger partial charge in [-0.25, -0.2) is 0 Å². The maximum Gasteiger partial charge on any atom is 0.264 e. The van der Waals surface area contributed by atoms with E-state index in [0.717, 1.165) is 5.56 Å². The lowest BCUT2D eigenvalue weighted by molar-refractivity contribution is -0.135. The summed E-state index contributed by atoms with van der Waals surface area (Å²) in [6.45, 7) is 1.94. The molecular weight excluding hydrogens is 322 g/mol. The van der Waals surface area contributed by atoms with E-state index in [1.807, 2.05) is 31.4 Å². The van der Waals surface area contributed by atoms with Crippen LogP contribution < -0.4 is 4.90 Å². The number of hydrogen-bond donors (Lipinski definition) is 1. The number of carbonyl (C=O) groups excluding carboxylic acids is 2. The fraction of sp³-hybridized carbons (Fsp3) is 0.263. The van der Waals surface area contributed by atoms with Crippen molar-refractivity contribution in [2.24, 2.45) is 0 Å². The number of amides is 1. The molecule has 0 aliphatic carbocycles. The van der Waals surface area contributed by atoms with Crippen molar-refractivity contribution in [3.8, 4) is 0 Å². The van der Waals surface area contributed by atoms with E-state index in [1.54, 1.807) is 35.2 Å². The molecule has 0 bridgehead atoms. The number of carbonyl (C=O) groups is 2. The number of ketones is 1. The fourth-order valence-corrected chi connectivity index (χ4v) is 3.52. The Morgan fingerprint density at radius 3 is 2.50 bits per heavy atom. The first-order valence-corrected chi connectivity index (χ1v) is 9.09. The molecule has 0 radical (unpaired) electrons. The Morgan fingerprint density at radius 2 is 1.83 bits per heavy atom. The molecule has 5 heteroatoms. The molecule has 1 aliphatic heterocycles. The highest BCUT2D eigenvalue weighted by Crippen LogP contribution is 2.43. The lowest BCUT2D eigenvalue weighted by Crippen LogP contribution is -2.41.